The van der Waals surface area contributed by atoms with E-state index in [1.54, 1.807) is 73.2 Å². The van der Waals surface area contributed by atoms with Crippen molar-refractivity contribution < 1.29 is 46.7 Å². The number of rotatable bonds is 1. The maximum atomic E-state index is 10.8. The Labute approximate surface area is 317 Å². The number of amides is 11. The lowest BCUT2D eigenvalue weighted by Crippen LogP contribution is -2.35. The van der Waals surface area contributed by atoms with Crippen molar-refractivity contribution in [3.63, 3.8) is 0 Å². The van der Waals surface area contributed by atoms with Crippen LogP contribution in [-0.2, 0) is 24.3 Å². The summed E-state index contributed by atoms with van der Waals surface area (Å²) in [5.74, 6) is 0.0972. The Kier molecular flexibility index (Phi) is 43.7. The Morgan fingerprint density at radius 3 is 1.11 bits per heavy atom. The van der Waals surface area contributed by atoms with Crippen LogP contribution in [0.15, 0.2) is 0 Å². The average Bonchev–Trinajstić information content (AvgIpc) is 3.78. The predicted molar refractivity (Wildman–Crippen MR) is 207 cm³/mol. The molecule has 0 saturated carbocycles. The Morgan fingerprint density at radius 1 is 0.660 bits per heavy atom. The van der Waals surface area contributed by atoms with Crippen molar-refractivity contribution in [3.05, 3.63) is 0 Å². The molecule has 0 atom stereocenters. The monoisotopic (exact) mass is 791 g/mol. The van der Waals surface area contributed by atoms with Gasteiger partial charge in [-0.05, 0) is 19.9 Å². The summed E-state index contributed by atoms with van der Waals surface area (Å²) in [6, 6.07) is -0.0347. The molecular weight excluding hydrogens is 720 g/mol. The van der Waals surface area contributed by atoms with Gasteiger partial charge >= 0.3 is 30.2 Å². The highest BCUT2D eigenvalue weighted by molar-refractivity contribution is 7.88. The van der Waals surface area contributed by atoms with Gasteiger partial charge in [0.15, 0.2) is 0 Å². The summed E-state index contributed by atoms with van der Waals surface area (Å²) in [6.45, 7) is 6.60. The van der Waals surface area contributed by atoms with E-state index in [9.17, 15) is 42.0 Å². The molecule has 2 aliphatic heterocycles. The van der Waals surface area contributed by atoms with E-state index in [1.807, 2.05) is 19.0 Å². The van der Waals surface area contributed by atoms with Gasteiger partial charge in [-0.2, -0.15) is 0 Å². The summed E-state index contributed by atoms with van der Waals surface area (Å²) in [6.07, 6.45) is 3.02. The lowest BCUT2D eigenvalue weighted by Gasteiger charge is -2.13. The van der Waals surface area contributed by atoms with Crippen LogP contribution < -0.4 is 36.6 Å². The van der Waals surface area contributed by atoms with Gasteiger partial charge in [0.25, 0.3) is 0 Å². The Hall–Kier alpha value is -4.80. The van der Waals surface area contributed by atoms with Crippen LogP contribution in [0.4, 0.5) is 24.0 Å². The first kappa shape index (κ1) is 60.3. The molecule has 0 aromatic rings. The van der Waals surface area contributed by atoms with Gasteiger partial charge in [-0.15, -0.1) is 0 Å². The number of hydrogen-bond acceptors (Lipinski definition) is 10. The number of likely N-dealkylation sites (N-methyl/N-ethyl adjacent to an activating group) is 2. The molecule has 11 amide bonds. The van der Waals surface area contributed by atoms with E-state index in [4.69, 9.17) is 0 Å². The molecule has 0 aliphatic carbocycles. The molecule has 2 rings (SSSR count). The second-order valence-electron chi connectivity index (χ2n) is 10.6. The number of hydrogen-bond donors (Lipinski definition) is 7. The van der Waals surface area contributed by atoms with Gasteiger partial charge in [0.2, 0.25) is 21.8 Å². The smallest absolute Gasteiger partial charge is 0.406 e. The van der Waals surface area contributed by atoms with Gasteiger partial charge in [-0.25, -0.2) is 37.1 Å². The summed E-state index contributed by atoms with van der Waals surface area (Å²) in [4.78, 5) is 79.7. The molecule has 2 aliphatic rings. The second kappa shape index (κ2) is 38.4. The van der Waals surface area contributed by atoms with Crippen LogP contribution in [0.25, 0.3) is 0 Å². The van der Waals surface area contributed by atoms with Crippen molar-refractivity contribution in [2.75, 3.05) is 131 Å². The highest BCUT2D eigenvalue weighted by Crippen LogP contribution is 2.06. The zero-order valence-corrected chi connectivity index (χ0v) is 35.8. The van der Waals surface area contributed by atoms with E-state index in [1.165, 1.54) is 44.9 Å². The minimum Gasteiger partial charge on any atom is -0.453 e. The average molecular weight is 791 g/mol. The number of carbonyl (C=O) groups excluding carboxylic acids is 7. The molecule has 53 heavy (non-hydrogen) atoms. The normalized spacial score (nSPS) is 11.6. The topological polar surface area (TPSA) is 263 Å². The molecular formula is C30H70N12O10S. The molecule has 316 valence electrons. The largest absolute Gasteiger partial charge is 0.453 e. The molecule has 2 fully saturated rings. The summed E-state index contributed by atoms with van der Waals surface area (Å²) < 4.78 is 26.0. The quantitative estimate of drug-likeness (QED) is 0.167. The van der Waals surface area contributed by atoms with E-state index in [-0.39, 0.29) is 35.9 Å². The first-order chi connectivity index (χ1) is 24.3. The fraction of sp³-hybridized carbons (Fsp3) is 0.767. The summed E-state index contributed by atoms with van der Waals surface area (Å²) in [5.41, 5.74) is 0. The van der Waals surface area contributed by atoms with E-state index in [0.717, 1.165) is 45.3 Å². The number of sulfonamides is 1. The van der Waals surface area contributed by atoms with Crippen molar-refractivity contribution in [3.8, 4) is 0 Å². The molecule has 2 heterocycles. The third-order valence-corrected chi connectivity index (χ3v) is 6.59. The molecule has 7 N–H and O–H groups in total. The van der Waals surface area contributed by atoms with Gasteiger partial charge in [0.1, 0.15) is 0 Å². The van der Waals surface area contributed by atoms with Crippen molar-refractivity contribution in [2.45, 2.75) is 26.7 Å². The highest BCUT2D eigenvalue weighted by Gasteiger charge is 2.20. The lowest BCUT2D eigenvalue weighted by molar-refractivity contribution is -0.126. The maximum absolute atomic E-state index is 10.8. The zero-order chi connectivity index (χ0) is 43.3. The molecule has 22 nitrogen and oxygen atoms in total. The van der Waals surface area contributed by atoms with E-state index >= 15 is 0 Å². The number of urea groups is 4. The number of carbonyl (C=O) groups is 7. The first-order valence-electron chi connectivity index (χ1n) is 16.1. The molecule has 0 aromatic heterocycles. The van der Waals surface area contributed by atoms with Crippen LogP contribution in [0.3, 0.4) is 0 Å². The molecule has 23 heteroatoms. The summed E-state index contributed by atoms with van der Waals surface area (Å²) >= 11 is 0. The standard InChI is InChI=1S/C6H12N2O.C5H10N2O.C4H10N2O.C4H9NO.C3H8N2O.C3H7NO2.C3H7NO.C2H7NO2S/c1-7-6(9)8-4-2-3-5-8;1-6-3-4-7(2)5(6)8;1-5-4(7)6(2)3;1-4(6)5(2)3;1-4-3(6)5-2;1-4-3(5)6-2;1-3(5)4-2;1-3-6(2,4)5/h2-5H2,1H3,(H,7,9);3-4H2,1-2H3;1-3H3,(H,5,7);1-3H3;1-2H3,(H2,4,5,6);1-2H3,(H,4,5);1-2H3,(H,4,5);3H,1-2H3. The number of nitrogens with zero attached hydrogens (tertiary/aromatic N) is 5. The number of nitrogens with one attached hydrogen (secondary N) is 7. The first-order valence-corrected chi connectivity index (χ1v) is 17.9. The predicted octanol–water partition coefficient (Wildman–Crippen LogP) is -1.18. The minimum atomic E-state index is -2.91. The van der Waals surface area contributed by atoms with Crippen LogP contribution in [0, 0.1) is 0 Å². The van der Waals surface area contributed by atoms with Crippen LogP contribution in [0.5, 0.6) is 0 Å². The molecule has 2 saturated heterocycles. The molecule has 0 unspecified atom stereocenters. The zero-order valence-electron chi connectivity index (χ0n) is 35.0. The van der Waals surface area contributed by atoms with Crippen molar-refractivity contribution in [2.24, 2.45) is 0 Å². The molecule has 0 bridgehead atoms. The highest BCUT2D eigenvalue weighted by atomic mass is 32.2. The van der Waals surface area contributed by atoms with Gasteiger partial charge in [0.05, 0.1) is 13.4 Å². The van der Waals surface area contributed by atoms with Crippen molar-refractivity contribution in [1.82, 2.24) is 61.1 Å². The molecule has 0 spiro atoms. The van der Waals surface area contributed by atoms with Crippen molar-refractivity contribution in [1.29, 1.82) is 0 Å². The number of likely N-dealkylation sites (tertiary alicyclic amines) is 1. The Morgan fingerprint density at radius 2 is 1.02 bits per heavy atom. The van der Waals surface area contributed by atoms with Gasteiger partial charge in [-0.3, -0.25) is 9.59 Å². The van der Waals surface area contributed by atoms with Gasteiger partial charge in [-0.1, -0.05) is 0 Å². The van der Waals surface area contributed by atoms with Gasteiger partial charge in [0, 0.05) is 125 Å². The maximum Gasteiger partial charge on any atom is 0.406 e. The minimum absolute atomic E-state index is 0.00463. The number of alkyl carbamates (subject to hydrolysis) is 1. The fourth-order valence-electron chi connectivity index (χ4n) is 2.31. The molecule has 0 aromatic carbocycles. The second-order valence-corrected chi connectivity index (χ2v) is 12.5. The van der Waals surface area contributed by atoms with Crippen LogP contribution in [0.1, 0.15) is 26.7 Å². The fourth-order valence-corrected chi connectivity index (χ4v) is 2.31. The number of ether oxygens (including phenoxy) is 1. The Bertz CT molecular complexity index is 1080. The SMILES string of the molecule is CC(=O)N(C)C.CN1CCN(C)C1=O.CNC(=O)N(C)C.CNC(=O)N1CCCC1.CNC(=O)NC.CNC(=O)OC.CNC(C)=O.CNS(C)(=O)=O. The van der Waals surface area contributed by atoms with Crippen LogP contribution >= 0.6 is 0 Å². The van der Waals surface area contributed by atoms with Gasteiger partial charge < -0.3 is 61.1 Å². The molecule has 0 radical (unpaired) electrons. The third-order valence-electron chi connectivity index (χ3n) is 5.85. The summed E-state index contributed by atoms with van der Waals surface area (Å²) in [5, 5.41) is 14.4. The third kappa shape index (κ3) is 49.4. The van der Waals surface area contributed by atoms with Crippen LogP contribution in [0.2, 0.25) is 0 Å². The van der Waals surface area contributed by atoms with E-state index in [2.05, 4.69) is 41.4 Å². The van der Waals surface area contributed by atoms with Crippen molar-refractivity contribution >= 4 is 52.1 Å². The summed E-state index contributed by atoms with van der Waals surface area (Å²) in [7, 11) is 19.7. The van der Waals surface area contributed by atoms with Crippen LogP contribution in [-0.4, -0.2) is 206 Å². The Balaban J connectivity index is -0.000000120. The van der Waals surface area contributed by atoms with E-state index in [0.29, 0.717) is 0 Å². The number of methoxy groups -OCH3 is 1. The lowest BCUT2D eigenvalue weighted by atomic mass is 10.4. The van der Waals surface area contributed by atoms with E-state index < -0.39 is 16.1 Å².